The van der Waals surface area contributed by atoms with Crippen molar-refractivity contribution >= 4 is 17.3 Å². The normalized spacial score (nSPS) is 13.4. The minimum atomic E-state index is -1.22. The van der Waals surface area contributed by atoms with Gasteiger partial charge >= 0.3 is 0 Å². The van der Waals surface area contributed by atoms with Gasteiger partial charge in [0.05, 0.1) is 24.6 Å². The third kappa shape index (κ3) is 5.35. The highest BCUT2D eigenvalue weighted by molar-refractivity contribution is 6.12. The summed E-state index contributed by atoms with van der Waals surface area (Å²) in [5.74, 6) is 8.72. The highest BCUT2D eigenvalue weighted by atomic mass is 19.2. The highest BCUT2D eigenvalue weighted by Gasteiger charge is 2.23. The predicted molar refractivity (Wildman–Crippen MR) is 123 cm³/mol. The van der Waals surface area contributed by atoms with Crippen LogP contribution in [0.5, 0.6) is 5.75 Å². The van der Waals surface area contributed by atoms with Crippen LogP contribution in [0.2, 0.25) is 0 Å². The minimum Gasteiger partial charge on any atom is -0.494 e. The molecule has 0 atom stereocenters. The Morgan fingerprint density at radius 1 is 1.18 bits per heavy atom. The van der Waals surface area contributed by atoms with Crippen LogP contribution in [0, 0.1) is 11.6 Å². The van der Waals surface area contributed by atoms with Crippen molar-refractivity contribution in [3.05, 3.63) is 54.0 Å². The van der Waals surface area contributed by atoms with E-state index in [2.05, 4.69) is 20.5 Å². The lowest BCUT2D eigenvalue weighted by molar-refractivity contribution is 0.372. The number of methoxy groups -OCH3 is 1. The van der Waals surface area contributed by atoms with Crippen molar-refractivity contribution in [2.24, 2.45) is 23.8 Å². The second-order valence-electron chi connectivity index (χ2n) is 7.25. The fourth-order valence-electron chi connectivity index (χ4n) is 3.25. The Kier molecular flexibility index (Phi) is 7.74. The average Bonchev–Trinajstić information content (AvgIpc) is 3.52. The lowest BCUT2D eigenvalue weighted by atomic mass is 10.1. The van der Waals surface area contributed by atoms with Crippen molar-refractivity contribution in [2.75, 3.05) is 30.9 Å². The number of hydrazine groups is 1. The molecule has 2 aromatic heterocycles. The van der Waals surface area contributed by atoms with Gasteiger partial charge in [-0.05, 0) is 44.1 Å². The quantitative estimate of drug-likeness (QED) is 0.200. The SMILES string of the molecule is C1CCNC1.COc1ccc(N(N)/C(=N\N)c2cc(-c3cnn(C)c3)cnc2N)c(F)c1F. The molecule has 0 unspecified atom stereocenters. The lowest BCUT2D eigenvalue weighted by Gasteiger charge is -2.22. The van der Waals surface area contributed by atoms with Crippen molar-refractivity contribution in [1.29, 1.82) is 0 Å². The summed E-state index contributed by atoms with van der Waals surface area (Å²) in [5.41, 5.74) is 7.29. The molecule has 0 aliphatic carbocycles. The van der Waals surface area contributed by atoms with E-state index in [1.54, 1.807) is 36.4 Å². The van der Waals surface area contributed by atoms with Crippen molar-refractivity contribution in [3.8, 4) is 16.9 Å². The standard InChI is InChI=1S/C17H18F2N8O.C4H9N/c1-26-8-10(7-24-26)9-5-11(16(20)23-6-9)17(25-21)27(22)12-3-4-13(28-2)15(19)14(12)18;1-2-4-5-3-1/h3-8H,21-22H2,1-2H3,(H2,20,23);5H,1-4H2/b25-17-;. The van der Waals surface area contributed by atoms with Gasteiger partial charge < -0.3 is 21.6 Å². The lowest BCUT2D eigenvalue weighted by Crippen LogP contribution is -2.40. The molecule has 1 aromatic carbocycles. The molecule has 1 aliphatic heterocycles. The summed E-state index contributed by atoms with van der Waals surface area (Å²) in [5, 5.41) is 11.7. The Labute approximate surface area is 190 Å². The summed E-state index contributed by atoms with van der Waals surface area (Å²) in [6.45, 7) is 2.50. The third-order valence-corrected chi connectivity index (χ3v) is 5.01. The number of aryl methyl sites for hydroxylation is 1. The number of hydrogen-bond acceptors (Lipinski definition) is 8. The number of halogens is 2. The number of pyridine rings is 1. The molecule has 0 radical (unpaired) electrons. The molecule has 3 heterocycles. The summed E-state index contributed by atoms with van der Waals surface area (Å²) < 4.78 is 34.9. The molecule has 0 saturated carbocycles. The third-order valence-electron chi connectivity index (χ3n) is 5.01. The van der Waals surface area contributed by atoms with E-state index in [1.807, 2.05) is 0 Å². The zero-order valence-corrected chi connectivity index (χ0v) is 18.4. The molecule has 1 fully saturated rings. The smallest absolute Gasteiger partial charge is 0.202 e. The van der Waals surface area contributed by atoms with E-state index in [1.165, 1.54) is 45.2 Å². The molecular weight excluding hydrogens is 432 g/mol. The van der Waals surface area contributed by atoms with Gasteiger partial charge in [-0.1, -0.05) is 0 Å². The van der Waals surface area contributed by atoms with Crippen molar-refractivity contribution in [3.63, 3.8) is 0 Å². The van der Waals surface area contributed by atoms with Crippen LogP contribution in [0.4, 0.5) is 20.3 Å². The monoisotopic (exact) mass is 459 g/mol. The van der Waals surface area contributed by atoms with Crippen LogP contribution in [0.25, 0.3) is 11.1 Å². The Morgan fingerprint density at radius 2 is 1.91 bits per heavy atom. The zero-order valence-electron chi connectivity index (χ0n) is 18.4. The molecule has 1 saturated heterocycles. The molecule has 0 amide bonds. The van der Waals surface area contributed by atoms with Crippen LogP contribution in [0.3, 0.4) is 0 Å². The Morgan fingerprint density at radius 3 is 2.45 bits per heavy atom. The summed E-state index contributed by atoms with van der Waals surface area (Å²) in [6, 6.07) is 4.09. The summed E-state index contributed by atoms with van der Waals surface area (Å²) in [7, 11) is 2.99. The number of ether oxygens (including phenoxy) is 1. The number of anilines is 2. The van der Waals surface area contributed by atoms with E-state index < -0.39 is 11.6 Å². The molecule has 10 nitrogen and oxygen atoms in total. The second-order valence-corrected chi connectivity index (χ2v) is 7.25. The maximum absolute atomic E-state index is 14.4. The number of nitrogens with zero attached hydrogens (tertiary/aromatic N) is 5. The summed E-state index contributed by atoms with van der Waals surface area (Å²) >= 11 is 0. The van der Waals surface area contributed by atoms with Crippen molar-refractivity contribution in [1.82, 2.24) is 20.1 Å². The van der Waals surface area contributed by atoms with Crippen LogP contribution >= 0.6 is 0 Å². The maximum atomic E-state index is 14.4. The minimum absolute atomic E-state index is 0.0571. The molecule has 0 bridgehead atoms. The van der Waals surface area contributed by atoms with Gasteiger partial charge in [0.2, 0.25) is 5.82 Å². The first-order valence-electron chi connectivity index (χ1n) is 10.2. The van der Waals surface area contributed by atoms with Gasteiger partial charge in [0.25, 0.3) is 0 Å². The number of hydrazone groups is 1. The first-order chi connectivity index (χ1) is 15.9. The number of nitrogen functional groups attached to an aromatic ring is 1. The van der Waals surface area contributed by atoms with Crippen molar-refractivity contribution in [2.45, 2.75) is 12.8 Å². The molecule has 3 aromatic rings. The first-order valence-corrected chi connectivity index (χ1v) is 10.2. The topological polar surface area (TPSA) is 146 Å². The fraction of sp³-hybridized carbons (Fsp3) is 0.286. The zero-order chi connectivity index (χ0) is 24.0. The number of hydrogen-bond donors (Lipinski definition) is 4. The number of benzene rings is 1. The van der Waals surface area contributed by atoms with E-state index in [9.17, 15) is 8.78 Å². The highest BCUT2D eigenvalue weighted by Crippen LogP contribution is 2.29. The van der Waals surface area contributed by atoms with Crippen LogP contribution < -0.4 is 32.5 Å². The molecule has 176 valence electrons. The fourth-order valence-corrected chi connectivity index (χ4v) is 3.25. The van der Waals surface area contributed by atoms with Crippen LogP contribution in [0.15, 0.2) is 41.9 Å². The maximum Gasteiger partial charge on any atom is 0.202 e. The molecule has 0 spiro atoms. The second kappa shape index (κ2) is 10.7. The number of aromatic nitrogens is 3. The number of rotatable bonds is 4. The van der Waals surface area contributed by atoms with Crippen molar-refractivity contribution < 1.29 is 13.5 Å². The van der Waals surface area contributed by atoms with Gasteiger partial charge in [0.1, 0.15) is 5.82 Å². The Balaban J connectivity index is 0.000000541. The van der Waals surface area contributed by atoms with E-state index in [-0.39, 0.29) is 28.7 Å². The van der Waals surface area contributed by atoms with Gasteiger partial charge in [-0.25, -0.2) is 15.2 Å². The Hall–Kier alpha value is -3.77. The van der Waals surface area contributed by atoms with Gasteiger partial charge in [-0.3, -0.25) is 9.69 Å². The Bertz CT molecular complexity index is 1120. The number of nitrogens with two attached hydrogens (primary N) is 3. The summed E-state index contributed by atoms with van der Waals surface area (Å²) in [6.07, 6.45) is 7.72. The summed E-state index contributed by atoms with van der Waals surface area (Å²) in [4.78, 5) is 4.11. The van der Waals surface area contributed by atoms with Gasteiger partial charge in [-0.2, -0.15) is 14.6 Å². The molecule has 1 aliphatic rings. The molecule has 33 heavy (non-hydrogen) atoms. The van der Waals surface area contributed by atoms with Crippen LogP contribution in [0.1, 0.15) is 18.4 Å². The van der Waals surface area contributed by atoms with Crippen LogP contribution in [-0.2, 0) is 7.05 Å². The molecule has 7 N–H and O–H groups in total. The molecular formula is C21H27F2N9O. The largest absolute Gasteiger partial charge is 0.494 e. The van der Waals surface area contributed by atoms with Crippen LogP contribution in [-0.4, -0.2) is 40.8 Å². The van der Waals surface area contributed by atoms with E-state index >= 15 is 0 Å². The first kappa shape index (κ1) is 23.9. The van der Waals surface area contributed by atoms with Gasteiger partial charge in [0.15, 0.2) is 17.4 Å². The number of amidine groups is 1. The van der Waals surface area contributed by atoms with Gasteiger partial charge in [-0.15, -0.1) is 0 Å². The van der Waals surface area contributed by atoms with E-state index in [0.29, 0.717) is 5.56 Å². The number of nitrogens with one attached hydrogen (secondary N) is 1. The molecule has 12 heteroatoms. The molecule has 4 rings (SSSR count). The average molecular weight is 460 g/mol. The van der Waals surface area contributed by atoms with Gasteiger partial charge in [0, 0.05) is 30.6 Å². The van der Waals surface area contributed by atoms with E-state index in [0.717, 1.165) is 10.6 Å². The predicted octanol–water partition coefficient (Wildman–Crippen LogP) is 1.72. The van der Waals surface area contributed by atoms with E-state index in [4.69, 9.17) is 22.2 Å².